The van der Waals surface area contributed by atoms with E-state index in [9.17, 15) is 4.79 Å². The Balaban J connectivity index is 2.30. The van der Waals surface area contributed by atoms with Crippen molar-refractivity contribution in [3.8, 4) is 5.75 Å². The van der Waals surface area contributed by atoms with Gasteiger partial charge in [-0.3, -0.25) is 4.79 Å². The predicted octanol–water partition coefficient (Wildman–Crippen LogP) is 5.98. The summed E-state index contributed by atoms with van der Waals surface area (Å²) in [5, 5.41) is 0.606. The van der Waals surface area contributed by atoms with Crippen LogP contribution >= 0.6 is 11.6 Å². The summed E-state index contributed by atoms with van der Waals surface area (Å²) in [6, 6.07) is 11.6. The van der Waals surface area contributed by atoms with E-state index in [-0.39, 0.29) is 0 Å². The van der Waals surface area contributed by atoms with E-state index in [1.807, 2.05) is 0 Å². The topological polar surface area (TPSA) is 26.3 Å². The lowest BCUT2D eigenvalue weighted by molar-refractivity contribution is 0.112. The van der Waals surface area contributed by atoms with Crippen molar-refractivity contribution in [3.63, 3.8) is 0 Å². The van der Waals surface area contributed by atoms with E-state index in [1.165, 1.54) is 11.1 Å². The highest BCUT2D eigenvalue weighted by Gasteiger charge is 2.12. The Morgan fingerprint density at radius 2 is 1.78 bits per heavy atom. The summed E-state index contributed by atoms with van der Waals surface area (Å²) in [6.07, 6.45) is 0.836. The molecule has 0 amide bonds. The molecule has 2 nitrogen and oxygen atoms in total. The summed E-state index contributed by atoms with van der Waals surface area (Å²) in [5.41, 5.74) is 3.83. The van der Waals surface area contributed by atoms with Gasteiger partial charge < -0.3 is 4.74 Å². The molecule has 2 aromatic rings. The second-order valence-electron chi connectivity index (χ2n) is 6.36. The van der Waals surface area contributed by atoms with Crippen LogP contribution in [0.4, 0.5) is 0 Å². The van der Waals surface area contributed by atoms with Gasteiger partial charge in [0.25, 0.3) is 0 Å². The Bertz CT molecular complexity index is 690. The van der Waals surface area contributed by atoms with Crippen LogP contribution in [0.5, 0.6) is 5.75 Å². The van der Waals surface area contributed by atoms with Crippen molar-refractivity contribution < 1.29 is 9.53 Å². The molecule has 0 spiro atoms. The zero-order chi connectivity index (χ0) is 17.0. The predicted molar refractivity (Wildman–Crippen MR) is 95.8 cm³/mol. The third-order valence-electron chi connectivity index (χ3n) is 3.94. The number of halogens is 1. The van der Waals surface area contributed by atoms with Gasteiger partial charge >= 0.3 is 0 Å². The van der Waals surface area contributed by atoms with Crippen LogP contribution in [0.2, 0.25) is 5.02 Å². The first-order valence-corrected chi connectivity index (χ1v) is 8.30. The van der Waals surface area contributed by atoms with Crippen molar-refractivity contribution in [1.29, 1.82) is 0 Å². The average molecular weight is 331 g/mol. The molecule has 0 aliphatic carbocycles. The van der Waals surface area contributed by atoms with Gasteiger partial charge in [-0.15, -0.1) is 0 Å². The van der Waals surface area contributed by atoms with Gasteiger partial charge in [-0.2, -0.15) is 0 Å². The summed E-state index contributed by atoms with van der Waals surface area (Å²) >= 11 is 6.03. The van der Waals surface area contributed by atoms with Gasteiger partial charge in [0, 0.05) is 16.1 Å². The van der Waals surface area contributed by atoms with Gasteiger partial charge in [0.2, 0.25) is 0 Å². The van der Waals surface area contributed by atoms with E-state index in [0.29, 0.717) is 29.0 Å². The first-order valence-electron chi connectivity index (χ1n) is 7.92. The third kappa shape index (κ3) is 4.35. The van der Waals surface area contributed by atoms with Crippen molar-refractivity contribution >= 4 is 17.9 Å². The standard InChI is InChI=1S/C20H23ClO2/c1-13(2)15-6-8-19(14(3)4)20(10-15)23-12-17-9-18(21)7-5-16(17)11-22/h5-11,13-14H,12H2,1-4H3. The molecule has 0 fully saturated rings. The summed E-state index contributed by atoms with van der Waals surface area (Å²) < 4.78 is 6.06. The molecule has 3 heteroatoms. The van der Waals surface area contributed by atoms with Crippen molar-refractivity contribution in [3.05, 3.63) is 63.7 Å². The fourth-order valence-corrected chi connectivity index (χ4v) is 2.68. The number of hydrogen-bond donors (Lipinski definition) is 0. The molecule has 0 aliphatic heterocycles. The molecule has 0 unspecified atom stereocenters. The lowest BCUT2D eigenvalue weighted by Gasteiger charge is -2.17. The zero-order valence-electron chi connectivity index (χ0n) is 14.1. The van der Waals surface area contributed by atoms with Crippen LogP contribution in [0.1, 0.15) is 66.6 Å². The molecule has 0 aromatic heterocycles. The normalized spacial score (nSPS) is 11.1. The van der Waals surface area contributed by atoms with Crippen molar-refractivity contribution in [2.75, 3.05) is 0 Å². The highest BCUT2D eigenvalue weighted by atomic mass is 35.5. The molecule has 0 atom stereocenters. The van der Waals surface area contributed by atoms with E-state index in [0.717, 1.165) is 17.6 Å². The van der Waals surface area contributed by atoms with Gasteiger partial charge in [-0.05, 0) is 47.2 Å². The van der Waals surface area contributed by atoms with Crippen LogP contribution in [0.25, 0.3) is 0 Å². The number of benzene rings is 2. The Kier molecular flexibility index (Phi) is 5.84. The smallest absolute Gasteiger partial charge is 0.150 e. The van der Waals surface area contributed by atoms with E-state index >= 15 is 0 Å². The monoisotopic (exact) mass is 330 g/mol. The molecule has 0 heterocycles. The average Bonchev–Trinajstić information content (AvgIpc) is 2.52. The lowest BCUT2D eigenvalue weighted by Crippen LogP contribution is -2.03. The molecular formula is C20H23ClO2. The van der Waals surface area contributed by atoms with E-state index in [4.69, 9.17) is 16.3 Å². The molecule has 2 aromatic carbocycles. The zero-order valence-corrected chi connectivity index (χ0v) is 14.9. The highest BCUT2D eigenvalue weighted by molar-refractivity contribution is 6.30. The summed E-state index contributed by atoms with van der Waals surface area (Å²) in [7, 11) is 0. The van der Waals surface area contributed by atoms with E-state index in [2.05, 4.69) is 45.9 Å². The molecule has 0 bridgehead atoms. The third-order valence-corrected chi connectivity index (χ3v) is 4.18. The number of rotatable bonds is 6. The number of ether oxygens (including phenoxy) is 1. The minimum atomic E-state index is 0.329. The van der Waals surface area contributed by atoms with Crippen molar-refractivity contribution in [1.82, 2.24) is 0 Å². The van der Waals surface area contributed by atoms with Gasteiger partial charge in [-0.1, -0.05) is 51.4 Å². The molecule has 0 N–H and O–H groups in total. The first kappa shape index (κ1) is 17.6. The molecule has 0 aliphatic rings. The molecule has 23 heavy (non-hydrogen) atoms. The Morgan fingerprint density at radius 3 is 2.39 bits per heavy atom. The van der Waals surface area contributed by atoms with Crippen molar-refractivity contribution in [2.24, 2.45) is 0 Å². The van der Waals surface area contributed by atoms with Crippen LogP contribution in [-0.4, -0.2) is 6.29 Å². The first-order chi connectivity index (χ1) is 10.9. The molecule has 122 valence electrons. The molecular weight excluding hydrogens is 308 g/mol. The van der Waals surface area contributed by atoms with Crippen LogP contribution in [-0.2, 0) is 6.61 Å². The second-order valence-corrected chi connectivity index (χ2v) is 6.79. The minimum Gasteiger partial charge on any atom is -0.489 e. The largest absolute Gasteiger partial charge is 0.489 e. The van der Waals surface area contributed by atoms with E-state index < -0.39 is 0 Å². The minimum absolute atomic E-state index is 0.329. The fraction of sp³-hybridized carbons (Fsp3) is 0.350. The second kappa shape index (κ2) is 7.65. The summed E-state index contributed by atoms with van der Waals surface area (Å²) in [4.78, 5) is 11.2. The Labute approximate surface area is 143 Å². The van der Waals surface area contributed by atoms with Crippen LogP contribution in [0.15, 0.2) is 36.4 Å². The van der Waals surface area contributed by atoms with Crippen LogP contribution in [0.3, 0.4) is 0 Å². The van der Waals surface area contributed by atoms with Gasteiger partial charge in [0.05, 0.1) is 0 Å². The number of carbonyl (C=O) groups is 1. The molecule has 0 radical (unpaired) electrons. The van der Waals surface area contributed by atoms with Crippen molar-refractivity contribution in [2.45, 2.75) is 46.1 Å². The summed E-state index contributed by atoms with van der Waals surface area (Å²) in [6.45, 7) is 8.95. The maximum atomic E-state index is 11.2. The summed E-state index contributed by atoms with van der Waals surface area (Å²) in [5.74, 6) is 1.69. The SMILES string of the molecule is CC(C)c1ccc(C(C)C)c(OCc2cc(Cl)ccc2C=O)c1. The maximum Gasteiger partial charge on any atom is 0.150 e. The van der Waals surface area contributed by atoms with Gasteiger partial charge in [-0.25, -0.2) is 0 Å². The molecule has 2 rings (SSSR count). The number of hydrogen-bond acceptors (Lipinski definition) is 2. The van der Waals surface area contributed by atoms with Gasteiger partial charge in [0.1, 0.15) is 18.6 Å². The van der Waals surface area contributed by atoms with Crippen LogP contribution in [0, 0.1) is 0 Å². The molecule has 0 saturated heterocycles. The van der Waals surface area contributed by atoms with E-state index in [1.54, 1.807) is 18.2 Å². The lowest BCUT2D eigenvalue weighted by atomic mass is 9.96. The highest BCUT2D eigenvalue weighted by Crippen LogP contribution is 2.31. The molecule has 0 saturated carbocycles. The Morgan fingerprint density at radius 1 is 1.04 bits per heavy atom. The number of aldehydes is 1. The fourth-order valence-electron chi connectivity index (χ4n) is 2.48. The van der Waals surface area contributed by atoms with Crippen LogP contribution < -0.4 is 4.74 Å². The quantitative estimate of drug-likeness (QED) is 0.609. The van der Waals surface area contributed by atoms with Gasteiger partial charge in [0.15, 0.2) is 0 Å². The number of carbonyl (C=O) groups excluding carboxylic acids is 1. The maximum absolute atomic E-state index is 11.2. The Hall–Kier alpha value is -1.80.